The summed E-state index contributed by atoms with van der Waals surface area (Å²) in [6.45, 7) is 0.330. The first-order chi connectivity index (χ1) is 6.22. The van der Waals surface area contributed by atoms with Gasteiger partial charge in [-0.25, -0.2) is 0 Å². The maximum Gasteiger partial charge on any atom is 0.257 e. The van der Waals surface area contributed by atoms with Crippen LogP contribution >= 0.6 is 0 Å². The van der Waals surface area contributed by atoms with Gasteiger partial charge in [-0.1, -0.05) is 0 Å². The lowest BCUT2D eigenvalue weighted by atomic mass is 10.1. The molecular weight excluding hydrogens is 170 g/mol. The number of anilines is 1. The third-order valence-electron chi connectivity index (χ3n) is 2.00. The van der Waals surface area contributed by atoms with E-state index in [0.717, 1.165) is 5.56 Å². The molecule has 2 rings (SSSR count). The van der Waals surface area contributed by atoms with E-state index in [4.69, 9.17) is 11.5 Å². The summed E-state index contributed by atoms with van der Waals surface area (Å²) in [6, 6.07) is 0. The Hall–Kier alpha value is -1.53. The fraction of sp³-hybridized carbons (Fsp3) is 0.286. The van der Waals surface area contributed by atoms with Crippen molar-refractivity contribution in [1.82, 2.24) is 10.3 Å². The number of carbonyl (C=O) groups is 1. The number of nitrogens with two attached hydrogens (primary N) is 2. The summed E-state index contributed by atoms with van der Waals surface area (Å²) in [5, 5.41) is 5.43. The van der Waals surface area contributed by atoms with Gasteiger partial charge in [-0.3, -0.25) is 10.5 Å². The Balaban J connectivity index is 2.46. The van der Waals surface area contributed by atoms with E-state index in [0.29, 0.717) is 17.9 Å². The van der Waals surface area contributed by atoms with E-state index < -0.39 is 6.29 Å². The van der Waals surface area contributed by atoms with Gasteiger partial charge >= 0.3 is 0 Å². The van der Waals surface area contributed by atoms with Crippen molar-refractivity contribution in [2.75, 3.05) is 5.32 Å². The molecule has 1 aliphatic rings. The molecule has 0 saturated carbocycles. The number of aromatic nitrogens is 1. The Morgan fingerprint density at radius 1 is 1.46 bits per heavy atom. The molecule has 1 aliphatic heterocycles. The highest BCUT2D eigenvalue weighted by Crippen LogP contribution is 2.21. The molecule has 1 aromatic rings. The van der Waals surface area contributed by atoms with Crippen LogP contribution in [0, 0.1) is 0 Å². The first kappa shape index (κ1) is 8.09. The topological polar surface area (TPSA) is 109 Å². The van der Waals surface area contributed by atoms with Gasteiger partial charge in [0.05, 0.1) is 5.56 Å². The lowest BCUT2D eigenvalue weighted by Crippen LogP contribution is -2.50. The molecule has 1 amide bonds. The molecule has 70 valence electrons. The molecule has 6 heteroatoms. The van der Waals surface area contributed by atoms with Crippen molar-refractivity contribution in [2.24, 2.45) is 11.5 Å². The number of H-pyrrole nitrogens is 1. The van der Waals surface area contributed by atoms with Crippen LogP contribution in [0.2, 0.25) is 0 Å². The van der Waals surface area contributed by atoms with Crippen LogP contribution in [0.3, 0.4) is 0 Å². The van der Waals surface area contributed by atoms with Gasteiger partial charge in [0, 0.05) is 12.7 Å². The molecule has 1 atom stereocenters. The standard InChI is InChI=1S/C7H11N5O/c8-1-3-2-10-5-4(3)6(13)12-7(9)11-5/h2,7,10-11H,1,8-9H2,(H,12,13). The zero-order valence-electron chi connectivity index (χ0n) is 6.92. The molecule has 1 unspecified atom stereocenters. The largest absolute Gasteiger partial charge is 0.347 e. The molecule has 0 aromatic carbocycles. The fourth-order valence-corrected chi connectivity index (χ4v) is 1.40. The predicted octanol–water partition coefficient (Wildman–Crippen LogP) is -1.13. The second kappa shape index (κ2) is 2.75. The molecule has 0 radical (unpaired) electrons. The summed E-state index contributed by atoms with van der Waals surface area (Å²) in [7, 11) is 0. The third-order valence-corrected chi connectivity index (χ3v) is 2.00. The maximum absolute atomic E-state index is 11.4. The van der Waals surface area contributed by atoms with Crippen LogP contribution in [0.15, 0.2) is 6.20 Å². The van der Waals surface area contributed by atoms with E-state index in [2.05, 4.69) is 15.6 Å². The van der Waals surface area contributed by atoms with Crippen molar-refractivity contribution < 1.29 is 4.79 Å². The van der Waals surface area contributed by atoms with E-state index in [-0.39, 0.29) is 5.91 Å². The van der Waals surface area contributed by atoms with Crippen molar-refractivity contribution in [3.05, 3.63) is 17.3 Å². The number of carbonyl (C=O) groups excluding carboxylic acids is 1. The fourth-order valence-electron chi connectivity index (χ4n) is 1.40. The van der Waals surface area contributed by atoms with Crippen LogP contribution < -0.4 is 22.1 Å². The summed E-state index contributed by atoms with van der Waals surface area (Å²) in [6.07, 6.45) is 1.17. The monoisotopic (exact) mass is 181 g/mol. The van der Waals surface area contributed by atoms with Gasteiger partial charge in [0.15, 0.2) is 6.29 Å². The van der Waals surface area contributed by atoms with Gasteiger partial charge in [0.25, 0.3) is 5.91 Å². The van der Waals surface area contributed by atoms with E-state index in [1.54, 1.807) is 6.20 Å². The second-order valence-electron chi connectivity index (χ2n) is 2.86. The number of aromatic amines is 1. The van der Waals surface area contributed by atoms with Crippen molar-refractivity contribution in [2.45, 2.75) is 12.8 Å². The number of fused-ring (bicyclic) bond motifs is 1. The van der Waals surface area contributed by atoms with E-state index >= 15 is 0 Å². The predicted molar refractivity (Wildman–Crippen MR) is 47.7 cm³/mol. The minimum Gasteiger partial charge on any atom is -0.347 e. The molecule has 0 saturated heterocycles. The first-order valence-electron chi connectivity index (χ1n) is 3.95. The van der Waals surface area contributed by atoms with Crippen LogP contribution in [-0.2, 0) is 6.54 Å². The molecular formula is C7H11N5O. The zero-order chi connectivity index (χ0) is 9.42. The Bertz CT molecular complexity index is 345. The van der Waals surface area contributed by atoms with Gasteiger partial charge in [-0.15, -0.1) is 0 Å². The average molecular weight is 181 g/mol. The summed E-state index contributed by atoms with van der Waals surface area (Å²) >= 11 is 0. The van der Waals surface area contributed by atoms with Gasteiger partial charge in [0.2, 0.25) is 0 Å². The highest BCUT2D eigenvalue weighted by Gasteiger charge is 2.24. The third kappa shape index (κ3) is 1.16. The zero-order valence-corrected chi connectivity index (χ0v) is 6.92. The minimum absolute atomic E-state index is 0.192. The molecule has 13 heavy (non-hydrogen) atoms. The first-order valence-corrected chi connectivity index (χ1v) is 3.95. The molecule has 7 N–H and O–H groups in total. The van der Waals surface area contributed by atoms with E-state index in [1.807, 2.05) is 0 Å². The lowest BCUT2D eigenvalue weighted by Gasteiger charge is -2.22. The Labute approximate surface area is 74.7 Å². The molecule has 0 spiro atoms. The molecule has 2 heterocycles. The van der Waals surface area contributed by atoms with Crippen molar-refractivity contribution in [1.29, 1.82) is 0 Å². The van der Waals surface area contributed by atoms with Crippen LogP contribution in [-0.4, -0.2) is 17.2 Å². The summed E-state index contributed by atoms with van der Waals surface area (Å²) in [5.41, 5.74) is 12.3. The number of nitrogens with one attached hydrogen (secondary N) is 3. The highest BCUT2D eigenvalue weighted by molar-refractivity contribution is 6.02. The quantitative estimate of drug-likeness (QED) is 0.377. The Kier molecular flexibility index (Phi) is 1.71. The van der Waals surface area contributed by atoms with Gasteiger partial charge in [0.1, 0.15) is 5.82 Å². The van der Waals surface area contributed by atoms with E-state index in [1.165, 1.54) is 0 Å². The summed E-state index contributed by atoms with van der Waals surface area (Å²) in [4.78, 5) is 14.3. The van der Waals surface area contributed by atoms with Crippen LogP contribution in [0.4, 0.5) is 5.82 Å². The van der Waals surface area contributed by atoms with Gasteiger partial charge in [-0.2, -0.15) is 0 Å². The minimum atomic E-state index is -0.538. The normalized spacial score (nSPS) is 20.5. The number of rotatable bonds is 1. The molecule has 0 fully saturated rings. The van der Waals surface area contributed by atoms with Crippen molar-refractivity contribution >= 4 is 11.7 Å². The maximum atomic E-state index is 11.4. The smallest absolute Gasteiger partial charge is 0.257 e. The summed E-state index contributed by atoms with van der Waals surface area (Å²) < 4.78 is 0. The van der Waals surface area contributed by atoms with Gasteiger partial charge < -0.3 is 21.4 Å². The molecule has 6 nitrogen and oxygen atoms in total. The SMILES string of the molecule is NCc1c[nH]c2c1C(=O)NC(N)N2. The van der Waals surface area contributed by atoms with Crippen LogP contribution in [0.5, 0.6) is 0 Å². The van der Waals surface area contributed by atoms with Crippen molar-refractivity contribution in [3.63, 3.8) is 0 Å². The van der Waals surface area contributed by atoms with Crippen LogP contribution in [0.1, 0.15) is 15.9 Å². The number of amides is 1. The van der Waals surface area contributed by atoms with E-state index in [9.17, 15) is 4.79 Å². The molecule has 1 aromatic heterocycles. The van der Waals surface area contributed by atoms with Crippen LogP contribution in [0.25, 0.3) is 0 Å². The number of hydrogen-bond donors (Lipinski definition) is 5. The second-order valence-corrected chi connectivity index (χ2v) is 2.86. The number of hydrogen-bond acceptors (Lipinski definition) is 4. The van der Waals surface area contributed by atoms with Gasteiger partial charge in [-0.05, 0) is 5.56 Å². The molecule has 0 aliphatic carbocycles. The highest BCUT2D eigenvalue weighted by atomic mass is 16.2. The Morgan fingerprint density at radius 3 is 2.92 bits per heavy atom. The lowest BCUT2D eigenvalue weighted by molar-refractivity contribution is 0.0936. The average Bonchev–Trinajstić information content (AvgIpc) is 2.47. The molecule has 0 bridgehead atoms. The van der Waals surface area contributed by atoms with Crippen molar-refractivity contribution in [3.8, 4) is 0 Å². The summed E-state index contributed by atoms with van der Waals surface area (Å²) in [5.74, 6) is 0.444. The Morgan fingerprint density at radius 2 is 2.23 bits per heavy atom.